The van der Waals surface area contributed by atoms with Gasteiger partial charge in [-0.3, -0.25) is 4.90 Å². The second-order valence-corrected chi connectivity index (χ2v) is 4.38. The molecule has 1 rings (SSSR count). The van der Waals surface area contributed by atoms with Crippen molar-refractivity contribution in [1.82, 2.24) is 10.2 Å². The predicted molar refractivity (Wildman–Crippen MR) is 49.2 cm³/mol. The van der Waals surface area contributed by atoms with Gasteiger partial charge in [0.15, 0.2) is 0 Å². The van der Waals surface area contributed by atoms with Crippen molar-refractivity contribution in [3.8, 4) is 0 Å². The molecular formula is C9H17F3N2. The second kappa shape index (κ2) is 4.06. The van der Waals surface area contributed by atoms with Gasteiger partial charge in [0.1, 0.15) is 0 Å². The van der Waals surface area contributed by atoms with Crippen LogP contribution in [0.15, 0.2) is 0 Å². The van der Waals surface area contributed by atoms with Crippen molar-refractivity contribution in [3.63, 3.8) is 0 Å². The third-order valence-electron chi connectivity index (χ3n) is 2.53. The Bertz CT molecular complexity index is 185. The third kappa shape index (κ3) is 3.84. The van der Waals surface area contributed by atoms with Crippen molar-refractivity contribution in [2.75, 3.05) is 26.7 Å². The van der Waals surface area contributed by atoms with E-state index in [2.05, 4.69) is 5.32 Å². The van der Waals surface area contributed by atoms with Crippen molar-refractivity contribution in [1.29, 1.82) is 0 Å². The maximum atomic E-state index is 12.0. The first-order valence-electron chi connectivity index (χ1n) is 4.81. The minimum absolute atomic E-state index is 0.139. The molecular weight excluding hydrogens is 193 g/mol. The smallest absolute Gasteiger partial charge is 0.310 e. The summed E-state index contributed by atoms with van der Waals surface area (Å²) < 4.78 is 36.1. The van der Waals surface area contributed by atoms with Gasteiger partial charge in [-0.05, 0) is 33.4 Å². The maximum Gasteiger partial charge on any atom is 0.401 e. The van der Waals surface area contributed by atoms with Gasteiger partial charge in [0, 0.05) is 12.1 Å². The SMILES string of the molecule is CN(CC(F)(F)F)CC1(C)CCCN1. The Morgan fingerprint density at radius 3 is 2.50 bits per heavy atom. The van der Waals surface area contributed by atoms with E-state index in [1.807, 2.05) is 6.92 Å². The lowest BCUT2D eigenvalue weighted by Gasteiger charge is -2.30. The van der Waals surface area contributed by atoms with Gasteiger partial charge in [-0.1, -0.05) is 0 Å². The molecule has 0 amide bonds. The van der Waals surface area contributed by atoms with Crippen molar-refractivity contribution in [3.05, 3.63) is 0 Å². The van der Waals surface area contributed by atoms with Crippen LogP contribution in [0.4, 0.5) is 13.2 Å². The van der Waals surface area contributed by atoms with E-state index < -0.39 is 12.7 Å². The van der Waals surface area contributed by atoms with E-state index in [-0.39, 0.29) is 5.54 Å². The topological polar surface area (TPSA) is 15.3 Å². The van der Waals surface area contributed by atoms with Gasteiger partial charge in [0.2, 0.25) is 0 Å². The van der Waals surface area contributed by atoms with Gasteiger partial charge in [0.25, 0.3) is 0 Å². The number of hydrogen-bond donors (Lipinski definition) is 1. The van der Waals surface area contributed by atoms with Crippen LogP contribution in [0.5, 0.6) is 0 Å². The fraction of sp³-hybridized carbons (Fsp3) is 1.00. The molecule has 1 aliphatic heterocycles. The zero-order valence-corrected chi connectivity index (χ0v) is 8.62. The zero-order valence-electron chi connectivity index (χ0n) is 8.62. The Morgan fingerprint density at radius 2 is 2.07 bits per heavy atom. The van der Waals surface area contributed by atoms with E-state index in [0.717, 1.165) is 19.4 Å². The van der Waals surface area contributed by atoms with Gasteiger partial charge < -0.3 is 5.32 Å². The molecule has 2 nitrogen and oxygen atoms in total. The van der Waals surface area contributed by atoms with Crippen LogP contribution in [0, 0.1) is 0 Å². The molecule has 1 fully saturated rings. The summed E-state index contributed by atoms with van der Waals surface area (Å²) in [6.07, 6.45) is -2.09. The lowest BCUT2D eigenvalue weighted by atomic mass is 10.00. The maximum absolute atomic E-state index is 12.0. The summed E-state index contributed by atoms with van der Waals surface area (Å²) in [5, 5.41) is 3.24. The number of nitrogens with one attached hydrogen (secondary N) is 1. The molecule has 1 unspecified atom stereocenters. The van der Waals surface area contributed by atoms with Crippen molar-refractivity contribution >= 4 is 0 Å². The largest absolute Gasteiger partial charge is 0.401 e. The summed E-state index contributed by atoms with van der Waals surface area (Å²) in [4.78, 5) is 1.33. The summed E-state index contributed by atoms with van der Waals surface area (Å²) >= 11 is 0. The van der Waals surface area contributed by atoms with Gasteiger partial charge in [-0.2, -0.15) is 13.2 Å². The minimum atomic E-state index is -4.09. The molecule has 1 heterocycles. The summed E-state index contributed by atoms with van der Waals surface area (Å²) in [7, 11) is 1.51. The Labute approximate surface area is 82.5 Å². The fourth-order valence-electron chi connectivity index (χ4n) is 2.05. The van der Waals surface area contributed by atoms with Crippen LogP contribution in [0.25, 0.3) is 0 Å². The monoisotopic (exact) mass is 210 g/mol. The summed E-state index contributed by atoms with van der Waals surface area (Å²) in [5.74, 6) is 0. The highest BCUT2D eigenvalue weighted by Crippen LogP contribution is 2.21. The van der Waals surface area contributed by atoms with Crippen LogP contribution < -0.4 is 5.32 Å². The third-order valence-corrected chi connectivity index (χ3v) is 2.53. The predicted octanol–water partition coefficient (Wildman–Crippen LogP) is 1.62. The standard InChI is InChI=1S/C9H17F3N2/c1-8(4-3-5-13-8)6-14(2)7-9(10,11)12/h13H,3-7H2,1-2H3. The van der Waals surface area contributed by atoms with Crippen molar-refractivity contribution < 1.29 is 13.2 Å². The van der Waals surface area contributed by atoms with Gasteiger partial charge in [-0.15, -0.1) is 0 Å². The number of nitrogens with zero attached hydrogens (tertiary/aromatic N) is 1. The summed E-state index contributed by atoms with van der Waals surface area (Å²) in [6.45, 7) is 2.51. The average Bonchev–Trinajstić information content (AvgIpc) is 2.30. The van der Waals surface area contributed by atoms with E-state index >= 15 is 0 Å². The summed E-state index contributed by atoms with van der Waals surface area (Å²) in [6, 6.07) is 0. The number of likely N-dealkylation sites (N-methyl/N-ethyl adjacent to an activating group) is 1. The van der Waals surface area contributed by atoms with E-state index in [9.17, 15) is 13.2 Å². The molecule has 14 heavy (non-hydrogen) atoms. The van der Waals surface area contributed by atoms with Gasteiger partial charge >= 0.3 is 6.18 Å². The molecule has 1 aliphatic rings. The van der Waals surface area contributed by atoms with Crippen LogP contribution in [0.3, 0.4) is 0 Å². The first-order chi connectivity index (χ1) is 6.31. The molecule has 1 N–H and O–H groups in total. The molecule has 0 saturated carbocycles. The van der Waals surface area contributed by atoms with Crippen LogP contribution in [0.2, 0.25) is 0 Å². The zero-order chi connectivity index (χ0) is 10.8. The fourth-order valence-corrected chi connectivity index (χ4v) is 2.05. The first-order valence-corrected chi connectivity index (χ1v) is 4.81. The second-order valence-electron chi connectivity index (χ2n) is 4.38. The molecule has 0 aromatic carbocycles. The van der Waals surface area contributed by atoms with Crippen LogP contribution >= 0.6 is 0 Å². The van der Waals surface area contributed by atoms with Crippen LogP contribution in [-0.2, 0) is 0 Å². The molecule has 0 aromatic heterocycles. The number of rotatable bonds is 3. The molecule has 0 radical (unpaired) electrons. The summed E-state index contributed by atoms with van der Waals surface area (Å²) in [5.41, 5.74) is -0.139. The van der Waals surface area contributed by atoms with E-state index in [1.54, 1.807) is 0 Å². The number of hydrogen-bond acceptors (Lipinski definition) is 2. The quantitative estimate of drug-likeness (QED) is 0.761. The van der Waals surface area contributed by atoms with E-state index in [4.69, 9.17) is 0 Å². The van der Waals surface area contributed by atoms with E-state index in [0.29, 0.717) is 6.54 Å². The average molecular weight is 210 g/mol. The normalized spacial score (nSPS) is 28.7. The van der Waals surface area contributed by atoms with E-state index in [1.165, 1.54) is 11.9 Å². The number of alkyl halides is 3. The van der Waals surface area contributed by atoms with Crippen molar-refractivity contribution in [2.45, 2.75) is 31.5 Å². The van der Waals surface area contributed by atoms with Crippen molar-refractivity contribution in [2.24, 2.45) is 0 Å². The molecule has 5 heteroatoms. The minimum Gasteiger partial charge on any atom is -0.310 e. The first kappa shape index (κ1) is 11.8. The highest BCUT2D eigenvalue weighted by molar-refractivity contribution is 4.91. The Hall–Kier alpha value is -0.290. The molecule has 0 bridgehead atoms. The van der Waals surface area contributed by atoms with Crippen LogP contribution in [0.1, 0.15) is 19.8 Å². The van der Waals surface area contributed by atoms with Gasteiger partial charge in [-0.25, -0.2) is 0 Å². The Kier molecular flexibility index (Phi) is 3.42. The van der Waals surface area contributed by atoms with Gasteiger partial charge in [0.05, 0.1) is 6.54 Å². The molecule has 1 saturated heterocycles. The molecule has 1 atom stereocenters. The Balaban J connectivity index is 2.36. The highest BCUT2D eigenvalue weighted by atomic mass is 19.4. The number of halogens is 3. The highest BCUT2D eigenvalue weighted by Gasteiger charge is 2.34. The Morgan fingerprint density at radius 1 is 1.43 bits per heavy atom. The molecule has 0 spiro atoms. The molecule has 0 aliphatic carbocycles. The lowest BCUT2D eigenvalue weighted by molar-refractivity contribution is -0.144. The molecule has 0 aromatic rings. The lowest BCUT2D eigenvalue weighted by Crippen LogP contribution is -2.48. The van der Waals surface area contributed by atoms with Crippen LogP contribution in [-0.4, -0.2) is 43.3 Å². The molecule has 84 valence electrons.